The minimum Gasteiger partial charge on any atom is -0.377 e. The first-order valence-electron chi connectivity index (χ1n) is 7.68. The monoisotopic (exact) mass is 275 g/mol. The quantitative estimate of drug-likeness (QED) is 0.915. The van der Waals surface area contributed by atoms with Gasteiger partial charge in [0.1, 0.15) is 0 Å². The number of piperazine rings is 1. The molecule has 1 N–H and O–H groups in total. The molecular weight excluding hydrogens is 246 g/mol. The number of nitrogens with one attached hydrogen (secondary N) is 1. The molecule has 2 rings (SSSR count). The molecule has 1 heterocycles. The third-order valence-corrected chi connectivity index (χ3v) is 4.32. The molecule has 1 fully saturated rings. The number of anilines is 2. The van der Waals surface area contributed by atoms with E-state index in [4.69, 9.17) is 0 Å². The molecule has 0 bridgehead atoms. The number of rotatable bonds is 3. The summed E-state index contributed by atoms with van der Waals surface area (Å²) in [5, 5.41) is 3.61. The fourth-order valence-electron chi connectivity index (χ4n) is 3.08. The summed E-state index contributed by atoms with van der Waals surface area (Å²) in [6.45, 7) is 11.2. The Labute approximate surface area is 124 Å². The molecule has 1 aliphatic heterocycles. The fourth-order valence-corrected chi connectivity index (χ4v) is 3.08. The number of hydrogen-bond acceptors (Lipinski definition) is 3. The molecule has 0 aromatic heterocycles. The summed E-state index contributed by atoms with van der Waals surface area (Å²) in [6, 6.07) is 7.98. The van der Waals surface area contributed by atoms with E-state index in [0.29, 0.717) is 18.0 Å². The lowest BCUT2D eigenvalue weighted by Gasteiger charge is -2.43. The molecule has 3 heteroatoms. The van der Waals surface area contributed by atoms with Gasteiger partial charge < -0.3 is 15.1 Å². The van der Waals surface area contributed by atoms with Gasteiger partial charge in [0.2, 0.25) is 0 Å². The second-order valence-electron chi connectivity index (χ2n) is 6.64. The summed E-state index contributed by atoms with van der Waals surface area (Å²) in [6.07, 6.45) is 0. The molecule has 2 unspecified atom stereocenters. The van der Waals surface area contributed by atoms with Crippen molar-refractivity contribution in [2.45, 2.75) is 39.8 Å². The number of aryl methyl sites for hydroxylation is 1. The van der Waals surface area contributed by atoms with Gasteiger partial charge in [0.05, 0.1) is 0 Å². The Kier molecular flexibility index (Phi) is 4.59. The van der Waals surface area contributed by atoms with Crippen molar-refractivity contribution in [2.24, 2.45) is 5.92 Å². The Morgan fingerprint density at radius 2 is 2.00 bits per heavy atom. The maximum Gasteiger partial charge on any atom is 0.0438 e. The maximum atomic E-state index is 3.61. The highest BCUT2D eigenvalue weighted by Crippen LogP contribution is 2.29. The van der Waals surface area contributed by atoms with E-state index in [1.165, 1.54) is 16.9 Å². The highest BCUT2D eigenvalue weighted by molar-refractivity contribution is 5.63. The van der Waals surface area contributed by atoms with Crippen molar-refractivity contribution in [3.63, 3.8) is 0 Å². The van der Waals surface area contributed by atoms with Crippen molar-refractivity contribution in [1.82, 2.24) is 5.32 Å². The van der Waals surface area contributed by atoms with Gasteiger partial charge in [0.15, 0.2) is 0 Å². The fraction of sp³-hybridized carbons (Fsp3) is 0.647. The largest absolute Gasteiger partial charge is 0.377 e. The standard InChI is InChI=1S/C17H29N3/c1-12(2)17-10-18-14(4)11-20(17)15-8-7-13(3)16(9-15)19(5)6/h7-9,12,14,17-18H,10-11H2,1-6H3. The minimum absolute atomic E-state index is 0.550. The lowest BCUT2D eigenvalue weighted by atomic mass is 9.97. The van der Waals surface area contributed by atoms with E-state index in [2.05, 4.69) is 75.1 Å². The van der Waals surface area contributed by atoms with E-state index in [0.717, 1.165) is 13.1 Å². The predicted octanol–water partition coefficient (Wildman–Crippen LogP) is 2.88. The zero-order chi connectivity index (χ0) is 14.9. The minimum atomic E-state index is 0.550. The van der Waals surface area contributed by atoms with Crippen molar-refractivity contribution in [2.75, 3.05) is 37.0 Å². The molecular formula is C17H29N3. The van der Waals surface area contributed by atoms with Gasteiger partial charge >= 0.3 is 0 Å². The Balaban J connectivity index is 2.34. The summed E-state index contributed by atoms with van der Waals surface area (Å²) >= 11 is 0. The smallest absolute Gasteiger partial charge is 0.0438 e. The highest BCUT2D eigenvalue weighted by Gasteiger charge is 2.28. The van der Waals surface area contributed by atoms with Crippen molar-refractivity contribution in [1.29, 1.82) is 0 Å². The number of hydrogen-bond donors (Lipinski definition) is 1. The van der Waals surface area contributed by atoms with Crippen LogP contribution in [0.1, 0.15) is 26.3 Å². The molecule has 0 spiro atoms. The molecule has 2 atom stereocenters. The summed E-state index contributed by atoms with van der Waals surface area (Å²) in [4.78, 5) is 4.78. The van der Waals surface area contributed by atoms with Crippen LogP contribution in [0.15, 0.2) is 18.2 Å². The van der Waals surface area contributed by atoms with Crippen LogP contribution < -0.4 is 15.1 Å². The lowest BCUT2D eigenvalue weighted by molar-refractivity contribution is 0.349. The van der Waals surface area contributed by atoms with Crippen LogP contribution >= 0.6 is 0 Å². The molecule has 0 radical (unpaired) electrons. The van der Waals surface area contributed by atoms with E-state index in [1.54, 1.807) is 0 Å². The molecule has 1 saturated heterocycles. The molecule has 0 amide bonds. The summed E-state index contributed by atoms with van der Waals surface area (Å²) in [5.41, 5.74) is 4.01. The maximum absolute atomic E-state index is 3.61. The Morgan fingerprint density at radius 3 is 2.60 bits per heavy atom. The van der Waals surface area contributed by atoms with Gasteiger partial charge in [-0.05, 0) is 37.5 Å². The lowest BCUT2D eigenvalue weighted by Crippen LogP contribution is -2.57. The van der Waals surface area contributed by atoms with Crippen LogP contribution in [-0.4, -0.2) is 39.3 Å². The van der Waals surface area contributed by atoms with Gasteiger partial charge in [-0.1, -0.05) is 19.9 Å². The topological polar surface area (TPSA) is 18.5 Å². The second kappa shape index (κ2) is 6.04. The third kappa shape index (κ3) is 3.09. The van der Waals surface area contributed by atoms with Crippen LogP contribution in [0.25, 0.3) is 0 Å². The van der Waals surface area contributed by atoms with Crippen LogP contribution in [0.4, 0.5) is 11.4 Å². The Hall–Kier alpha value is -1.22. The SMILES string of the molecule is Cc1ccc(N2CC(C)NCC2C(C)C)cc1N(C)C. The van der Waals surface area contributed by atoms with E-state index in [-0.39, 0.29) is 0 Å². The Bertz CT molecular complexity index is 454. The zero-order valence-electron chi connectivity index (χ0n) is 13.8. The van der Waals surface area contributed by atoms with E-state index >= 15 is 0 Å². The normalized spacial score (nSPS) is 23.2. The first-order valence-corrected chi connectivity index (χ1v) is 7.68. The van der Waals surface area contributed by atoms with E-state index in [9.17, 15) is 0 Å². The van der Waals surface area contributed by atoms with Crippen LogP contribution in [-0.2, 0) is 0 Å². The van der Waals surface area contributed by atoms with Crippen LogP contribution in [0, 0.1) is 12.8 Å². The third-order valence-electron chi connectivity index (χ3n) is 4.32. The van der Waals surface area contributed by atoms with Gasteiger partial charge in [-0.25, -0.2) is 0 Å². The van der Waals surface area contributed by atoms with Gasteiger partial charge in [0, 0.05) is 50.6 Å². The molecule has 1 aliphatic rings. The van der Waals surface area contributed by atoms with Gasteiger partial charge in [-0.3, -0.25) is 0 Å². The molecule has 3 nitrogen and oxygen atoms in total. The first-order chi connectivity index (χ1) is 9.40. The first kappa shape index (κ1) is 15.2. The predicted molar refractivity (Wildman–Crippen MR) is 88.9 cm³/mol. The molecule has 0 aliphatic carbocycles. The average molecular weight is 275 g/mol. The molecule has 1 aromatic rings. The summed E-state index contributed by atoms with van der Waals surface area (Å²) in [7, 11) is 4.23. The van der Waals surface area contributed by atoms with E-state index < -0.39 is 0 Å². The van der Waals surface area contributed by atoms with Crippen LogP contribution in [0.2, 0.25) is 0 Å². The van der Waals surface area contributed by atoms with E-state index in [1.807, 2.05) is 0 Å². The summed E-state index contributed by atoms with van der Waals surface area (Å²) in [5.74, 6) is 0.652. The zero-order valence-corrected chi connectivity index (χ0v) is 13.8. The number of nitrogens with zero attached hydrogens (tertiary/aromatic N) is 2. The van der Waals surface area contributed by atoms with Crippen molar-refractivity contribution >= 4 is 11.4 Å². The molecule has 0 saturated carbocycles. The Morgan fingerprint density at radius 1 is 1.30 bits per heavy atom. The van der Waals surface area contributed by atoms with Crippen molar-refractivity contribution < 1.29 is 0 Å². The highest BCUT2D eigenvalue weighted by atomic mass is 15.2. The molecule has 20 heavy (non-hydrogen) atoms. The van der Waals surface area contributed by atoms with Crippen molar-refractivity contribution in [3.05, 3.63) is 23.8 Å². The average Bonchev–Trinajstić information content (AvgIpc) is 2.38. The summed E-state index contributed by atoms with van der Waals surface area (Å²) < 4.78 is 0. The van der Waals surface area contributed by atoms with Crippen LogP contribution in [0.3, 0.4) is 0 Å². The van der Waals surface area contributed by atoms with Gasteiger partial charge in [-0.2, -0.15) is 0 Å². The van der Waals surface area contributed by atoms with Crippen LogP contribution in [0.5, 0.6) is 0 Å². The second-order valence-corrected chi connectivity index (χ2v) is 6.64. The van der Waals surface area contributed by atoms with Gasteiger partial charge in [-0.15, -0.1) is 0 Å². The molecule has 112 valence electrons. The number of benzene rings is 1. The van der Waals surface area contributed by atoms with Crippen molar-refractivity contribution in [3.8, 4) is 0 Å². The molecule has 1 aromatic carbocycles. The van der Waals surface area contributed by atoms with Gasteiger partial charge in [0.25, 0.3) is 0 Å².